The number of amides is 1. The van der Waals surface area contributed by atoms with Crippen molar-refractivity contribution >= 4 is 27.5 Å². The standard InChI is InChI=1S/C18H25ClN2O3S/c1-15(22)21(12-10-16-6-3-2-4-7-16)13-11-20-25(23,24)18-9-5-8-17(19)14-18/h5-6,8-9,14,20H,2-4,7,10-13H2,1H3. The van der Waals surface area contributed by atoms with Gasteiger partial charge < -0.3 is 4.90 Å². The van der Waals surface area contributed by atoms with Crippen molar-refractivity contribution in [3.8, 4) is 0 Å². The number of hydrogen-bond donors (Lipinski definition) is 1. The second kappa shape index (κ2) is 9.36. The summed E-state index contributed by atoms with van der Waals surface area (Å²) in [6.45, 7) is 2.66. The minimum absolute atomic E-state index is 0.0432. The molecule has 0 aromatic heterocycles. The van der Waals surface area contributed by atoms with Gasteiger partial charge in [-0.2, -0.15) is 0 Å². The van der Waals surface area contributed by atoms with Gasteiger partial charge in [0.1, 0.15) is 0 Å². The van der Waals surface area contributed by atoms with Crippen LogP contribution in [0.3, 0.4) is 0 Å². The average Bonchev–Trinajstić information content (AvgIpc) is 2.58. The van der Waals surface area contributed by atoms with Gasteiger partial charge in [0.15, 0.2) is 0 Å². The van der Waals surface area contributed by atoms with Crippen LogP contribution in [0.15, 0.2) is 40.8 Å². The average molecular weight is 385 g/mol. The highest BCUT2D eigenvalue weighted by atomic mass is 35.5. The van der Waals surface area contributed by atoms with E-state index in [2.05, 4.69) is 10.8 Å². The fraction of sp³-hybridized carbons (Fsp3) is 0.500. The monoisotopic (exact) mass is 384 g/mol. The van der Waals surface area contributed by atoms with E-state index < -0.39 is 10.0 Å². The smallest absolute Gasteiger partial charge is 0.240 e. The zero-order valence-corrected chi connectivity index (χ0v) is 16.1. The van der Waals surface area contributed by atoms with Crippen molar-refractivity contribution in [2.45, 2.75) is 43.9 Å². The third-order valence-electron chi connectivity index (χ3n) is 4.31. The molecule has 5 nitrogen and oxygen atoms in total. The van der Waals surface area contributed by atoms with Crippen LogP contribution in [0.1, 0.15) is 39.0 Å². The zero-order chi connectivity index (χ0) is 18.3. The summed E-state index contributed by atoms with van der Waals surface area (Å²) in [5.41, 5.74) is 1.40. The number of rotatable bonds is 8. The predicted octanol–water partition coefficient (Wildman–Crippen LogP) is 3.36. The SMILES string of the molecule is CC(=O)N(CCNS(=O)(=O)c1cccc(Cl)c1)CCC1=CCCCC1. The minimum Gasteiger partial charge on any atom is -0.341 e. The number of nitrogens with one attached hydrogen (secondary N) is 1. The van der Waals surface area contributed by atoms with Crippen LogP contribution in [0.2, 0.25) is 5.02 Å². The first-order valence-electron chi connectivity index (χ1n) is 8.57. The summed E-state index contributed by atoms with van der Waals surface area (Å²) in [7, 11) is -3.62. The highest BCUT2D eigenvalue weighted by Crippen LogP contribution is 2.20. The van der Waals surface area contributed by atoms with Crippen LogP contribution in [0.4, 0.5) is 0 Å². The summed E-state index contributed by atoms with van der Waals surface area (Å²) < 4.78 is 27.0. The van der Waals surface area contributed by atoms with Crippen LogP contribution in [0.25, 0.3) is 0 Å². The first-order chi connectivity index (χ1) is 11.9. The van der Waals surface area contributed by atoms with Crippen LogP contribution in [0.5, 0.6) is 0 Å². The van der Waals surface area contributed by atoms with Crippen molar-refractivity contribution in [2.24, 2.45) is 0 Å². The molecule has 7 heteroatoms. The van der Waals surface area contributed by atoms with E-state index in [0.717, 1.165) is 19.3 Å². The molecule has 0 heterocycles. The minimum atomic E-state index is -3.62. The largest absolute Gasteiger partial charge is 0.341 e. The Labute approximate surface area is 155 Å². The lowest BCUT2D eigenvalue weighted by molar-refractivity contribution is -0.128. The van der Waals surface area contributed by atoms with Gasteiger partial charge in [-0.05, 0) is 50.3 Å². The second-order valence-electron chi connectivity index (χ2n) is 6.22. The predicted molar refractivity (Wildman–Crippen MR) is 100 cm³/mol. The number of nitrogens with zero attached hydrogens (tertiary/aromatic N) is 1. The van der Waals surface area contributed by atoms with E-state index in [0.29, 0.717) is 18.1 Å². The molecule has 25 heavy (non-hydrogen) atoms. The first-order valence-corrected chi connectivity index (χ1v) is 10.4. The highest BCUT2D eigenvalue weighted by Gasteiger charge is 2.16. The summed E-state index contributed by atoms with van der Waals surface area (Å²) in [6.07, 6.45) is 7.81. The van der Waals surface area contributed by atoms with Gasteiger partial charge in [0.2, 0.25) is 15.9 Å². The van der Waals surface area contributed by atoms with Gasteiger partial charge >= 0.3 is 0 Å². The summed E-state index contributed by atoms with van der Waals surface area (Å²) in [6, 6.07) is 6.11. The van der Waals surface area contributed by atoms with Gasteiger partial charge in [-0.25, -0.2) is 13.1 Å². The second-order valence-corrected chi connectivity index (χ2v) is 8.42. The van der Waals surface area contributed by atoms with Crippen molar-refractivity contribution in [2.75, 3.05) is 19.6 Å². The maximum Gasteiger partial charge on any atom is 0.240 e. The third-order valence-corrected chi connectivity index (χ3v) is 6.01. The molecule has 0 saturated carbocycles. The Kier molecular flexibility index (Phi) is 7.47. The zero-order valence-electron chi connectivity index (χ0n) is 14.5. The lowest BCUT2D eigenvalue weighted by Gasteiger charge is -2.23. The Balaban J connectivity index is 1.86. The first kappa shape index (κ1) is 19.9. The van der Waals surface area contributed by atoms with Crippen LogP contribution >= 0.6 is 11.6 Å². The van der Waals surface area contributed by atoms with Gasteiger partial charge in [-0.3, -0.25) is 4.79 Å². The Hall–Kier alpha value is -1.37. The van der Waals surface area contributed by atoms with E-state index in [9.17, 15) is 13.2 Å². The molecule has 0 unspecified atom stereocenters. The number of allylic oxidation sites excluding steroid dienone is 1. The molecule has 0 saturated heterocycles. The summed E-state index contributed by atoms with van der Waals surface area (Å²) in [5.74, 6) is -0.0432. The topological polar surface area (TPSA) is 66.5 Å². The van der Waals surface area contributed by atoms with Crippen molar-refractivity contribution in [1.82, 2.24) is 9.62 Å². The number of halogens is 1. The molecule has 0 atom stereocenters. The Bertz CT molecular complexity index is 732. The van der Waals surface area contributed by atoms with Crippen LogP contribution in [-0.2, 0) is 14.8 Å². The lowest BCUT2D eigenvalue weighted by atomic mass is 9.97. The van der Waals surface area contributed by atoms with Crippen LogP contribution in [-0.4, -0.2) is 38.9 Å². The van der Waals surface area contributed by atoms with Gasteiger partial charge in [0.05, 0.1) is 4.90 Å². The molecule has 138 valence electrons. The van der Waals surface area contributed by atoms with E-state index in [1.807, 2.05) is 0 Å². The molecule has 1 aromatic rings. The molecule has 0 aliphatic heterocycles. The maximum atomic E-state index is 12.3. The Morgan fingerprint density at radius 2 is 2.08 bits per heavy atom. The quantitative estimate of drug-likeness (QED) is 0.699. The molecule has 0 radical (unpaired) electrons. The van der Waals surface area contributed by atoms with Crippen molar-refractivity contribution in [1.29, 1.82) is 0 Å². The molecule has 0 fully saturated rings. The summed E-state index contributed by atoms with van der Waals surface area (Å²) in [4.78, 5) is 13.6. The molecule has 1 amide bonds. The molecule has 2 rings (SSSR count). The number of carbonyl (C=O) groups excluding carboxylic acids is 1. The van der Waals surface area contributed by atoms with E-state index in [1.54, 1.807) is 17.0 Å². The molecule has 1 N–H and O–H groups in total. The Morgan fingerprint density at radius 1 is 1.28 bits per heavy atom. The summed E-state index contributed by atoms with van der Waals surface area (Å²) in [5, 5.41) is 0.369. The van der Waals surface area contributed by atoms with E-state index in [1.165, 1.54) is 37.5 Å². The third kappa shape index (κ3) is 6.45. The van der Waals surface area contributed by atoms with Crippen molar-refractivity contribution < 1.29 is 13.2 Å². The normalized spacial score (nSPS) is 14.9. The van der Waals surface area contributed by atoms with E-state index in [4.69, 9.17) is 11.6 Å². The Morgan fingerprint density at radius 3 is 2.72 bits per heavy atom. The lowest BCUT2D eigenvalue weighted by Crippen LogP contribution is -2.38. The number of sulfonamides is 1. The van der Waals surface area contributed by atoms with Crippen molar-refractivity contribution in [3.05, 3.63) is 40.9 Å². The fourth-order valence-corrected chi connectivity index (χ4v) is 4.19. The molecule has 1 aliphatic rings. The molecule has 0 bridgehead atoms. The molecular formula is C18H25ClN2O3S. The van der Waals surface area contributed by atoms with Crippen molar-refractivity contribution in [3.63, 3.8) is 0 Å². The van der Waals surface area contributed by atoms with Crippen LogP contribution < -0.4 is 4.72 Å². The summed E-state index contributed by atoms with van der Waals surface area (Å²) >= 11 is 5.84. The number of hydrogen-bond acceptors (Lipinski definition) is 3. The van der Waals surface area contributed by atoms with Gasteiger partial charge in [0, 0.05) is 31.6 Å². The molecule has 1 aromatic carbocycles. The van der Waals surface area contributed by atoms with E-state index >= 15 is 0 Å². The molecule has 0 spiro atoms. The fourth-order valence-electron chi connectivity index (χ4n) is 2.87. The van der Waals surface area contributed by atoms with E-state index in [-0.39, 0.29) is 17.3 Å². The van der Waals surface area contributed by atoms with Crippen LogP contribution in [0, 0.1) is 0 Å². The number of benzene rings is 1. The molecular weight excluding hydrogens is 360 g/mol. The molecule has 1 aliphatic carbocycles. The maximum absolute atomic E-state index is 12.3. The number of carbonyl (C=O) groups is 1. The van der Waals surface area contributed by atoms with Gasteiger partial charge in [-0.1, -0.05) is 29.3 Å². The highest BCUT2D eigenvalue weighted by molar-refractivity contribution is 7.89. The van der Waals surface area contributed by atoms with Gasteiger partial charge in [0.25, 0.3) is 0 Å². The van der Waals surface area contributed by atoms with Gasteiger partial charge in [-0.15, -0.1) is 0 Å².